The summed E-state index contributed by atoms with van der Waals surface area (Å²) in [5, 5.41) is 13.9. The number of rotatable bonds is 5. The lowest BCUT2D eigenvalue weighted by Gasteiger charge is -2.29. The van der Waals surface area contributed by atoms with E-state index < -0.39 is 12.0 Å². The molecule has 172 valence electrons. The standard InChI is InChI=1S/C24H26ClN5O3/c1-14-9-17(30-5-7-33-8-6-30)11-18-22(14)29-23(28-18)21-19(12-27-24(21)32)26-13-20(31)15-3-2-4-16(25)10-15/h2-4,9-11,20-21,31H,5-8,12-13H2,1H3,(H,27,32)(H,28,29)/t20-,21?/m1/s1. The van der Waals surface area contributed by atoms with Crippen LogP contribution in [0.15, 0.2) is 41.4 Å². The van der Waals surface area contributed by atoms with Crippen LogP contribution in [0, 0.1) is 6.92 Å². The zero-order valence-corrected chi connectivity index (χ0v) is 19.1. The van der Waals surface area contributed by atoms with Crippen LogP contribution in [0.4, 0.5) is 5.69 Å². The second-order valence-corrected chi connectivity index (χ2v) is 8.87. The summed E-state index contributed by atoms with van der Waals surface area (Å²) in [6.45, 7) is 5.64. The Labute approximate surface area is 196 Å². The molecule has 33 heavy (non-hydrogen) atoms. The summed E-state index contributed by atoms with van der Waals surface area (Å²) in [5.74, 6) is -0.176. The van der Waals surface area contributed by atoms with Crippen LogP contribution in [-0.2, 0) is 9.53 Å². The number of morpholine rings is 1. The molecule has 2 aromatic carbocycles. The van der Waals surface area contributed by atoms with Gasteiger partial charge in [-0.15, -0.1) is 0 Å². The van der Waals surface area contributed by atoms with Crippen molar-refractivity contribution in [3.63, 3.8) is 0 Å². The number of aromatic amines is 1. The molecule has 3 heterocycles. The molecule has 0 spiro atoms. The average Bonchev–Trinajstić information content (AvgIpc) is 3.41. The fraction of sp³-hybridized carbons (Fsp3) is 0.375. The van der Waals surface area contributed by atoms with Crippen LogP contribution in [0.1, 0.15) is 29.0 Å². The number of aromatic nitrogens is 2. The molecule has 2 atom stereocenters. The number of anilines is 1. The number of hydrogen-bond acceptors (Lipinski definition) is 6. The van der Waals surface area contributed by atoms with Crippen LogP contribution < -0.4 is 10.2 Å². The number of imidazole rings is 1. The molecular weight excluding hydrogens is 442 g/mol. The molecule has 5 rings (SSSR count). The molecule has 2 saturated heterocycles. The van der Waals surface area contributed by atoms with E-state index in [1.54, 1.807) is 24.3 Å². The second kappa shape index (κ2) is 9.13. The molecule has 0 radical (unpaired) electrons. The van der Waals surface area contributed by atoms with E-state index in [2.05, 4.69) is 32.3 Å². The van der Waals surface area contributed by atoms with Crippen LogP contribution in [0.3, 0.4) is 0 Å². The SMILES string of the molecule is Cc1cc(N2CCOCC2)cc2[nH]c(C3C(=O)NCC3=NC[C@@H](O)c3cccc(Cl)c3)nc12. The molecule has 9 heteroatoms. The number of fused-ring (bicyclic) bond motifs is 1. The lowest BCUT2D eigenvalue weighted by Crippen LogP contribution is -2.36. The van der Waals surface area contributed by atoms with E-state index in [4.69, 9.17) is 21.3 Å². The number of aliphatic hydroxyl groups excluding tert-OH is 1. The number of nitrogens with zero attached hydrogens (tertiary/aromatic N) is 3. The maximum atomic E-state index is 12.7. The Morgan fingerprint density at radius 3 is 2.91 bits per heavy atom. The number of benzene rings is 2. The van der Waals surface area contributed by atoms with Gasteiger partial charge in [0.2, 0.25) is 5.91 Å². The first kappa shape index (κ1) is 21.9. The van der Waals surface area contributed by atoms with Crippen molar-refractivity contribution in [2.45, 2.75) is 18.9 Å². The number of halogens is 1. The van der Waals surface area contributed by atoms with Gasteiger partial charge >= 0.3 is 0 Å². The van der Waals surface area contributed by atoms with E-state index in [9.17, 15) is 9.90 Å². The second-order valence-electron chi connectivity index (χ2n) is 8.43. The number of aryl methyl sites for hydroxylation is 1. The van der Waals surface area contributed by atoms with E-state index in [0.29, 0.717) is 41.9 Å². The van der Waals surface area contributed by atoms with Crippen molar-refractivity contribution in [3.8, 4) is 0 Å². The van der Waals surface area contributed by atoms with E-state index in [1.165, 1.54) is 0 Å². The van der Waals surface area contributed by atoms with Crippen molar-refractivity contribution in [2.24, 2.45) is 4.99 Å². The number of ether oxygens (including phenoxy) is 1. The van der Waals surface area contributed by atoms with Crippen molar-refractivity contribution in [1.82, 2.24) is 15.3 Å². The van der Waals surface area contributed by atoms with Crippen molar-refractivity contribution in [2.75, 3.05) is 44.3 Å². The molecule has 0 aliphatic carbocycles. The van der Waals surface area contributed by atoms with E-state index in [1.807, 2.05) is 6.92 Å². The van der Waals surface area contributed by atoms with E-state index >= 15 is 0 Å². The Morgan fingerprint density at radius 1 is 1.30 bits per heavy atom. The van der Waals surface area contributed by atoms with Crippen molar-refractivity contribution >= 4 is 39.9 Å². The third-order valence-electron chi connectivity index (χ3n) is 6.17. The van der Waals surface area contributed by atoms with Gasteiger partial charge in [-0.1, -0.05) is 23.7 Å². The highest BCUT2D eigenvalue weighted by molar-refractivity contribution is 6.30. The van der Waals surface area contributed by atoms with Gasteiger partial charge in [-0.05, 0) is 42.3 Å². The summed E-state index contributed by atoms with van der Waals surface area (Å²) < 4.78 is 5.46. The van der Waals surface area contributed by atoms with Crippen LogP contribution >= 0.6 is 11.6 Å². The highest BCUT2D eigenvalue weighted by Gasteiger charge is 2.35. The average molecular weight is 468 g/mol. The summed E-state index contributed by atoms with van der Waals surface area (Å²) in [5.41, 5.74) is 5.25. The maximum absolute atomic E-state index is 12.7. The van der Waals surface area contributed by atoms with Gasteiger partial charge in [0, 0.05) is 23.8 Å². The van der Waals surface area contributed by atoms with Crippen molar-refractivity contribution in [1.29, 1.82) is 0 Å². The van der Waals surface area contributed by atoms with Gasteiger partial charge in [-0.3, -0.25) is 9.79 Å². The number of nitrogens with one attached hydrogen (secondary N) is 2. The topological polar surface area (TPSA) is 103 Å². The zero-order chi connectivity index (χ0) is 22.9. The van der Waals surface area contributed by atoms with Crippen LogP contribution in [0.5, 0.6) is 0 Å². The summed E-state index contributed by atoms with van der Waals surface area (Å²) in [6, 6.07) is 11.3. The number of hydrogen-bond donors (Lipinski definition) is 3. The van der Waals surface area contributed by atoms with Crippen LogP contribution in [0.25, 0.3) is 11.0 Å². The third kappa shape index (κ3) is 4.46. The van der Waals surface area contributed by atoms with Gasteiger partial charge < -0.3 is 25.0 Å². The Morgan fingerprint density at radius 2 is 2.12 bits per heavy atom. The van der Waals surface area contributed by atoms with Gasteiger partial charge in [0.15, 0.2) is 0 Å². The van der Waals surface area contributed by atoms with Gasteiger partial charge in [-0.25, -0.2) is 4.98 Å². The van der Waals surface area contributed by atoms with Gasteiger partial charge in [0.25, 0.3) is 0 Å². The third-order valence-corrected chi connectivity index (χ3v) is 6.40. The number of aliphatic imine (C=N–C) groups is 1. The largest absolute Gasteiger partial charge is 0.386 e. The fourth-order valence-electron chi connectivity index (χ4n) is 4.42. The number of aliphatic hydroxyl groups is 1. The summed E-state index contributed by atoms with van der Waals surface area (Å²) in [6.07, 6.45) is -0.804. The Hall–Kier alpha value is -2.94. The Bertz CT molecular complexity index is 1220. The normalized spacial score (nSPS) is 21.1. The smallest absolute Gasteiger partial charge is 0.236 e. The summed E-state index contributed by atoms with van der Waals surface area (Å²) >= 11 is 6.03. The highest BCUT2D eigenvalue weighted by Crippen LogP contribution is 2.29. The predicted molar refractivity (Wildman–Crippen MR) is 128 cm³/mol. The quantitative estimate of drug-likeness (QED) is 0.535. The summed E-state index contributed by atoms with van der Waals surface area (Å²) in [4.78, 5) is 27.7. The minimum absolute atomic E-state index is 0.140. The monoisotopic (exact) mass is 467 g/mol. The number of amides is 1. The van der Waals surface area contributed by atoms with Crippen molar-refractivity contribution < 1.29 is 14.6 Å². The minimum atomic E-state index is -0.804. The molecule has 3 aromatic rings. The summed E-state index contributed by atoms with van der Waals surface area (Å²) in [7, 11) is 0. The van der Waals surface area contributed by atoms with Crippen LogP contribution in [0.2, 0.25) is 5.02 Å². The fourth-order valence-corrected chi connectivity index (χ4v) is 4.62. The molecule has 0 bridgehead atoms. The van der Waals surface area contributed by atoms with E-state index in [-0.39, 0.29) is 12.5 Å². The molecule has 1 unspecified atom stereocenters. The molecule has 2 aliphatic rings. The number of carbonyl (C=O) groups excluding carboxylic acids is 1. The molecule has 2 fully saturated rings. The Kier molecular flexibility index (Phi) is 6.05. The number of carbonyl (C=O) groups is 1. The zero-order valence-electron chi connectivity index (χ0n) is 18.3. The predicted octanol–water partition coefficient (Wildman–Crippen LogP) is 2.75. The van der Waals surface area contributed by atoms with Gasteiger partial charge in [0.05, 0.1) is 49.2 Å². The highest BCUT2D eigenvalue weighted by atomic mass is 35.5. The lowest BCUT2D eigenvalue weighted by atomic mass is 10.1. The lowest BCUT2D eigenvalue weighted by molar-refractivity contribution is -0.119. The first-order chi connectivity index (χ1) is 16.0. The van der Waals surface area contributed by atoms with Crippen LogP contribution in [-0.4, -0.2) is 66.1 Å². The maximum Gasteiger partial charge on any atom is 0.236 e. The number of H-pyrrole nitrogens is 1. The van der Waals surface area contributed by atoms with E-state index in [0.717, 1.165) is 35.4 Å². The molecule has 2 aliphatic heterocycles. The molecule has 8 nitrogen and oxygen atoms in total. The minimum Gasteiger partial charge on any atom is -0.386 e. The Balaban J connectivity index is 1.41. The molecular formula is C24H26ClN5O3. The van der Waals surface area contributed by atoms with Gasteiger partial charge in [-0.2, -0.15) is 0 Å². The molecule has 1 amide bonds. The van der Waals surface area contributed by atoms with Gasteiger partial charge in [0.1, 0.15) is 11.7 Å². The molecule has 1 aromatic heterocycles. The molecule has 3 N–H and O–H groups in total. The first-order valence-electron chi connectivity index (χ1n) is 11.1. The molecule has 0 saturated carbocycles. The van der Waals surface area contributed by atoms with Crippen molar-refractivity contribution in [3.05, 3.63) is 58.4 Å². The first-order valence-corrected chi connectivity index (χ1v) is 11.4.